The van der Waals surface area contributed by atoms with Crippen LogP contribution in [0.2, 0.25) is 5.02 Å². The van der Waals surface area contributed by atoms with Crippen LogP contribution in [0.4, 0.5) is 14.6 Å². The molecule has 2 heterocycles. The van der Waals surface area contributed by atoms with Crippen molar-refractivity contribution in [1.29, 1.82) is 0 Å². The number of carbonyl (C=O) groups is 2. The largest absolute Gasteiger partial charge is 0.471 e. The maximum atomic E-state index is 12.7. The Hall–Kier alpha value is -2.85. The van der Waals surface area contributed by atoms with E-state index < -0.39 is 36.5 Å². The van der Waals surface area contributed by atoms with Gasteiger partial charge in [-0.1, -0.05) is 11.6 Å². The highest BCUT2D eigenvalue weighted by Gasteiger charge is 2.24. The van der Waals surface area contributed by atoms with Gasteiger partial charge in [-0.05, 0) is 51.5 Å². The molecule has 8 nitrogen and oxygen atoms in total. The summed E-state index contributed by atoms with van der Waals surface area (Å²) in [6, 6.07) is 3.86. The monoisotopic (exact) mass is 456 g/mol. The summed E-state index contributed by atoms with van der Waals surface area (Å²) in [6.07, 6.45) is -1.29. The molecule has 0 saturated carbocycles. The van der Waals surface area contributed by atoms with Crippen molar-refractivity contribution in [3.8, 4) is 5.88 Å². The summed E-state index contributed by atoms with van der Waals surface area (Å²) in [5, 5.41) is 15.0. The van der Waals surface area contributed by atoms with Gasteiger partial charge in [-0.25, -0.2) is 18.7 Å². The topological polar surface area (TPSA) is 113 Å². The van der Waals surface area contributed by atoms with Gasteiger partial charge in [0.15, 0.2) is 6.61 Å². The van der Waals surface area contributed by atoms with Crippen LogP contribution in [-0.4, -0.2) is 45.5 Å². The molecule has 0 bridgehead atoms. The molecule has 3 N–H and O–H groups in total. The van der Waals surface area contributed by atoms with Gasteiger partial charge in [0.25, 0.3) is 18.2 Å². The molecule has 168 valence electrons. The van der Waals surface area contributed by atoms with Crippen molar-refractivity contribution in [2.75, 3.05) is 11.9 Å². The average molecular weight is 457 g/mol. The van der Waals surface area contributed by atoms with Crippen LogP contribution in [0, 0.1) is 6.92 Å². The first kappa shape index (κ1) is 24.4. The van der Waals surface area contributed by atoms with Crippen molar-refractivity contribution < 1.29 is 28.2 Å². The molecule has 2 amide bonds. The van der Waals surface area contributed by atoms with Crippen molar-refractivity contribution >= 4 is 29.2 Å². The molecule has 0 fully saturated rings. The van der Waals surface area contributed by atoms with Crippen LogP contribution in [0.1, 0.15) is 48.4 Å². The summed E-state index contributed by atoms with van der Waals surface area (Å²) in [5.74, 6) is -1.12. The van der Waals surface area contributed by atoms with Gasteiger partial charge < -0.3 is 20.5 Å². The first-order valence-corrected chi connectivity index (χ1v) is 9.64. The zero-order chi connectivity index (χ0) is 23.3. The van der Waals surface area contributed by atoms with Crippen molar-refractivity contribution in [2.45, 2.75) is 45.8 Å². The van der Waals surface area contributed by atoms with E-state index in [9.17, 15) is 23.5 Å². The molecular formula is C20H23ClF2N4O4. The van der Waals surface area contributed by atoms with Crippen LogP contribution in [0.15, 0.2) is 24.4 Å². The molecule has 2 rings (SSSR count). The zero-order valence-corrected chi connectivity index (χ0v) is 18.1. The number of alkyl halides is 2. The lowest BCUT2D eigenvalue weighted by molar-refractivity contribution is -0.130. The summed E-state index contributed by atoms with van der Waals surface area (Å²) in [5.41, 5.74) is -0.359. The summed E-state index contributed by atoms with van der Waals surface area (Å²) < 4.78 is 29.4. The van der Waals surface area contributed by atoms with E-state index in [-0.39, 0.29) is 22.3 Å². The third kappa shape index (κ3) is 7.11. The van der Waals surface area contributed by atoms with E-state index >= 15 is 0 Å². The van der Waals surface area contributed by atoms with E-state index in [2.05, 4.69) is 20.6 Å². The number of hydrogen-bond donors (Lipinski definition) is 3. The second kappa shape index (κ2) is 9.97. The lowest BCUT2D eigenvalue weighted by Crippen LogP contribution is -2.37. The average Bonchev–Trinajstić information content (AvgIpc) is 2.65. The Morgan fingerprint density at radius 1 is 1.29 bits per heavy atom. The first-order chi connectivity index (χ1) is 14.4. The third-order valence-corrected chi connectivity index (χ3v) is 4.31. The van der Waals surface area contributed by atoms with Gasteiger partial charge in [0.2, 0.25) is 5.88 Å². The van der Waals surface area contributed by atoms with Gasteiger partial charge in [-0.15, -0.1) is 0 Å². The summed E-state index contributed by atoms with van der Waals surface area (Å²) in [4.78, 5) is 32.7. The lowest BCUT2D eigenvalue weighted by atomic mass is 10.1. The van der Waals surface area contributed by atoms with Crippen molar-refractivity contribution in [3.63, 3.8) is 0 Å². The van der Waals surface area contributed by atoms with E-state index in [0.717, 1.165) is 0 Å². The number of nitrogens with zero attached hydrogens (tertiary/aromatic N) is 2. The number of hydrogen-bond acceptors (Lipinski definition) is 6. The molecule has 0 radical (unpaired) electrons. The Kier molecular flexibility index (Phi) is 7.85. The quantitative estimate of drug-likeness (QED) is 0.561. The fourth-order valence-electron chi connectivity index (χ4n) is 2.42. The molecule has 0 aliphatic heterocycles. The number of carbonyl (C=O) groups excluding carboxylic acids is 2. The van der Waals surface area contributed by atoms with Crippen molar-refractivity contribution in [1.82, 2.24) is 15.3 Å². The van der Waals surface area contributed by atoms with E-state index in [1.807, 2.05) is 0 Å². The zero-order valence-electron chi connectivity index (χ0n) is 17.4. The highest BCUT2D eigenvalue weighted by molar-refractivity contribution is 6.31. The molecule has 0 saturated heterocycles. The van der Waals surface area contributed by atoms with Gasteiger partial charge in [0.05, 0.1) is 6.04 Å². The van der Waals surface area contributed by atoms with Crippen LogP contribution in [0.3, 0.4) is 0 Å². The Labute approximate surface area is 183 Å². The van der Waals surface area contributed by atoms with Crippen LogP contribution >= 0.6 is 11.6 Å². The Morgan fingerprint density at radius 2 is 1.97 bits per heavy atom. The van der Waals surface area contributed by atoms with E-state index in [4.69, 9.17) is 16.3 Å². The van der Waals surface area contributed by atoms with Crippen LogP contribution in [-0.2, 0) is 4.79 Å². The molecule has 2 aromatic rings. The highest BCUT2D eigenvalue weighted by Crippen LogP contribution is 2.26. The maximum absolute atomic E-state index is 12.7. The lowest BCUT2D eigenvalue weighted by Gasteiger charge is -2.18. The van der Waals surface area contributed by atoms with E-state index in [1.165, 1.54) is 38.2 Å². The van der Waals surface area contributed by atoms with Crippen LogP contribution in [0.5, 0.6) is 5.88 Å². The van der Waals surface area contributed by atoms with Crippen LogP contribution < -0.4 is 15.4 Å². The number of aromatic nitrogens is 2. The van der Waals surface area contributed by atoms with E-state index in [1.54, 1.807) is 13.8 Å². The van der Waals surface area contributed by atoms with Gasteiger partial charge in [0, 0.05) is 17.5 Å². The molecule has 0 aliphatic rings. The SMILES string of the molecule is Cc1cc(C(=O)NC(C)c2cnc(OCC(F)F)c(Cl)c2)cc(NC(=O)C(C)(C)O)n1. The maximum Gasteiger partial charge on any atom is 0.272 e. The Morgan fingerprint density at radius 3 is 2.55 bits per heavy atom. The summed E-state index contributed by atoms with van der Waals surface area (Å²) in [6.45, 7) is 5.18. The number of anilines is 1. The van der Waals surface area contributed by atoms with E-state index in [0.29, 0.717) is 11.3 Å². The number of rotatable bonds is 8. The Bertz CT molecular complexity index is 967. The molecule has 31 heavy (non-hydrogen) atoms. The smallest absolute Gasteiger partial charge is 0.272 e. The standard InChI is InChI=1S/C20H23ClF2N4O4/c1-10-5-12(7-16(25-10)27-19(29)20(3,4)30)17(28)26-11(2)13-6-14(21)18(24-8-13)31-9-15(22)23/h5-8,11,15,30H,9H2,1-4H3,(H,26,28)(H,25,27,29). The van der Waals surface area contributed by atoms with Crippen molar-refractivity contribution in [2.24, 2.45) is 0 Å². The number of aliphatic hydroxyl groups is 1. The second-order valence-electron chi connectivity index (χ2n) is 7.35. The summed E-state index contributed by atoms with van der Waals surface area (Å²) >= 11 is 6.02. The van der Waals surface area contributed by atoms with Gasteiger partial charge >= 0.3 is 0 Å². The molecule has 0 aromatic carbocycles. The molecule has 1 unspecified atom stereocenters. The molecule has 1 atom stereocenters. The Balaban J connectivity index is 2.12. The fraction of sp³-hybridized carbons (Fsp3) is 0.400. The minimum absolute atomic E-state index is 0.0376. The molecule has 11 heteroatoms. The number of amides is 2. The van der Waals surface area contributed by atoms with Crippen molar-refractivity contribution in [3.05, 3.63) is 46.2 Å². The predicted octanol–water partition coefficient (Wildman–Crippen LogP) is 3.28. The number of aryl methyl sites for hydroxylation is 1. The molecule has 0 aliphatic carbocycles. The number of pyridine rings is 2. The fourth-order valence-corrected chi connectivity index (χ4v) is 2.65. The van der Waals surface area contributed by atoms with Gasteiger partial charge in [0.1, 0.15) is 16.4 Å². The normalized spacial score (nSPS) is 12.4. The predicted molar refractivity (Wildman–Crippen MR) is 111 cm³/mol. The molecule has 0 spiro atoms. The van der Waals surface area contributed by atoms with Crippen LogP contribution in [0.25, 0.3) is 0 Å². The molecule has 2 aromatic heterocycles. The first-order valence-electron chi connectivity index (χ1n) is 9.26. The number of ether oxygens (including phenoxy) is 1. The second-order valence-corrected chi connectivity index (χ2v) is 7.76. The number of halogens is 3. The van der Waals surface area contributed by atoms with Gasteiger partial charge in [-0.3, -0.25) is 9.59 Å². The minimum Gasteiger partial charge on any atom is -0.471 e. The minimum atomic E-state index is -2.65. The highest BCUT2D eigenvalue weighted by atomic mass is 35.5. The molecular weight excluding hydrogens is 434 g/mol. The van der Waals surface area contributed by atoms with Gasteiger partial charge in [-0.2, -0.15) is 0 Å². The summed E-state index contributed by atoms with van der Waals surface area (Å²) in [7, 11) is 0. The number of nitrogens with one attached hydrogen (secondary N) is 2. The third-order valence-electron chi connectivity index (χ3n) is 4.04.